The largest absolute Gasteiger partial charge is 0.478 e. The smallest absolute Gasteiger partial charge is 0.338 e. The number of carboxylic acids is 1. The van der Waals surface area contributed by atoms with Gasteiger partial charge in [0.2, 0.25) is 5.91 Å². The Kier molecular flexibility index (Phi) is 6.18. The molecule has 1 N–H and O–H groups in total. The number of rotatable bonds is 5. The Labute approximate surface area is 169 Å². The van der Waals surface area contributed by atoms with Crippen LogP contribution in [0.3, 0.4) is 0 Å². The molecule has 0 bridgehead atoms. The lowest BCUT2D eigenvalue weighted by atomic mass is 9.82. The van der Waals surface area contributed by atoms with Gasteiger partial charge in [0, 0.05) is 16.8 Å². The highest BCUT2D eigenvalue weighted by Crippen LogP contribution is 2.40. The number of aromatic carboxylic acids is 1. The number of hydrogen-bond acceptors (Lipinski definition) is 3. The predicted octanol–water partition coefficient (Wildman–Crippen LogP) is 5.82. The summed E-state index contributed by atoms with van der Waals surface area (Å²) in [5.41, 5.74) is 0.860. The number of thiophene rings is 1. The molecule has 0 aliphatic heterocycles. The van der Waals surface area contributed by atoms with Gasteiger partial charge in [-0.3, -0.25) is 4.79 Å². The van der Waals surface area contributed by atoms with Gasteiger partial charge in [0.25, 0.3) is 0 Å². The summed E-state index contributed by atoms with van der Waals surface area (Å²) in [4.78, 5) is 27.6. The minimum Gasteiger partial charge on any atom is -0.478 e. The lowest BCUT2D eigenvalue weighted by Gasteiger charge is -2.33. The topological polar surface area (TPSA) is 57.6 Å². The fourth-order valence-corrected chi connectivity index (χ4v) is 5.06. The van der Waals surface area contributed by atoms with Gasteiger partial charge >= 0.3 is 5.97 Å². The SMILES string of the molecule is CC(C)N(c1sc(-c2ccc(F)cc2)cc1C(=O)O)C(=O)[C@H]1CC[C@H](C)CC1. The van der Waals surface area contributed by atoms with Crippen molar-refractivity contribution >= 4 is 28.2 Å². The van der Waals surface area contributed by atoms with Gasteiger partial charge in [-0.1, -0.05) is 19.1 Å². The van der Waals surface area contributed by atoms with Crippen molar-refractivity contribution in [1.82, 2.24) is 0 Å². The Hall–Kier alpha value is -2.21. The molecule has 1 saturated carbocycles. The minimum absolute atomic E-state index is 0.0110. The Morgan fingerprint density at radius 1 is 1.14 bits per heavy atom. The number of carbonyl (C=O) groups is 2. The molecule has 0 saturated heterocycles. The van der Waals surface area contributed by atoms with E-state index in [1.54, 1.807) is 23.1 Å². The van der Waals surface area contributed by atoms with E-state index in [-0.39, 0.29) is 29.2 Å². The van der Waals surface area contributed by atoms with Crippen LogP contribution in [0.2, 0.25) is 0 Å². The average Bonchev–Trinajstić information content (AvgIpc) is 3.07. The van der Waals surface area contributed by atoms with E-state index in [4.69, 9.17) is 0 Å². The zero-order chi connectivity index (χ0) is 20.4. The highest BCUT2D eigenvalue weighted by molar-refractivity contribution is 7.20. The Balaban J connectivity index is 1.99. The van der Waals surface area contributed by atoms with Gasteiger partial charge in [0.05, 0.1) is 5.56 Å². The molecule has 0 atom stereocenters. The normalized spacial score (nSPS) is 19.6. The van der Waals surface area contributed by atoms with Crippen LogP contribution in [0.15, 0.2) is 30.3 Å². The number of halogens is 1. The molecule has 6 heteroatoms. The quantitative estimate of drug-likeness (QED) is 0.684. The molecule has 1 aliphatic carbocycles. The number of hydrogen-bond donors (Lipinski definition) is 1. The summed E-state index contributed by atoms with van der Waals surface area (Å²) in [6, 6.07) is 7.39. The number of carbonyl (C=O) groups excluding carboxylic acids is 1. The standard InChI is InChI=1S/C22H26FNO3S/c1-13(2)24(20(25)16-6-4-14(3)5-7-16)21-18(22(26)27)12-19(28-21)15-8-10-17(23)11-9-15/h8-14,16H,4-7H2,1-3H3,(H,26,27)/t14-,16-. The van der Waals surface area contributed by atoms with Crippen molar-refractivity contribution in [3.8, 4) is 10.4 Å². The van der Waals surface area contributed by atoms with E-state index in [0.29, 0.717) is 15.8 Å². The third kappa shape index (κ3) is 4.27. The van der Waals surface area contributed by atoms with Crippen molar-refractivity contribution in [3.63, 3.8) is 0 Å². The van der Waals surface area contributed by atoms with Crippen LogP contribution in [0.1, 0.15) is 56.8 Å². The monoisotopic (exact) mass is 403 g/mol. The lowest BCUT2D eigenvalue weighted by Crippen LogP contribution is -2.42. The summed E-state index contributed by atoms with van der Waals surface area (Å²) in [5.74, 6) is -0.814. The highest BCUT2D eigenvalue weighted by Gasteiger charge is 2.33. The summed E-state index contributed by atoms with van der Waals surface area (Å²) in [7, 11) is 0. The van der Waals surface area contributed by atoms with Gasteiger partial charge in [0.1, 0.15) is 10.8 Å². The van der Waals surface area contributed by atoms with E-state index in [9.17, 15) is 19.1 Å². The first-order chi connectivity index (χ1) is 13.3. The number of anilines is 1. The summed E-state index contributed by atoms with van der Waals surface area (Å²) < 4.78 is 13.2. The Morgan fingerprint density at radius 3 is 2.29 bits per heavy atom. The second-order valence-electron chi connectivity index (χ2n) is 7.90. The van der Waals surface area contributed by atoms with E-state index < -0.39 is 5.97 Å². The number of amides is 1. The van der Waals surface area contributed by atoms with Gasteiger partial charge in [0.15, 0.2) is 0 Å². The van der Waals surface area contributed by atoms with E-state index >= 15 is 0 Å². The summed E-state index contributed by atoms with van der Waals surface area (Å²) in [6.45, 7) is 6.02. The molecule has 3 rings (SSSR count). The molecule has 4 nitrogen and oxygen atoms in total. The highest BCUT2D eigenvalue weighted by atomic mass is 32.1. The number of nitrogens with zero attached hydrogens (tertiary/aromatic N) is 1. The average molecular weight is 404 g/mol. The molecule has 1 aromatic carbocycles. The second-order valence-corrected chi connectivity index (χ2v) is 8.93. The maximum Gasteiger partial charge on any atom is 0.338 e. The van der Waals surface area contributed by atoms with Gasteiger partial charge in [-0.15, -0.1) is 11.3 Å². The second kappa shape index (κ2) is 8.43. The van der Waals surface area contributed by atoms with E-state index in [1.165, 1.54) is 23.5 Å². The van der Waals surface area contributed by atoms with Crippen LogP contribution in [0, 0.1) is 17.7 Å². The lowest BCUT2D eigenvalue weighted by molar-refractivity contribution is -0.123. The fraction of sp³-hybridized carbons (Fsp3) is 0.455. The molecule has 150 valence electrons. The molecule has 1 aliphatic rings. The maximum atomic E-state index is 13.3. The van der Waals surface area contributed by atoms with Crippen LogP contribution in [-0.4, -0.2) is 23.0 Å². The first-order valence-corrected chi connectivity index (χ1v) is 10.6. The van der Waals surface area contributed by atoms with Crippen molar-refractivity contribution in [2.24, 2.45) is 11.8 Å². The zero-order valence-electron chi connectivity index (χ0n) is 16.4. The van der Waals surface area contributed by atoms with Crippen LogP contribution in [0.25, 0.3) is 10.4 Å². The third-order valence-corrected chi connectivity index (χ3v) is 6.59. The first-order valence-electron chi connectivity index (χ1n) is 9.74. The summed E-state index contributed by atoms with van der Waals surface area (Å²) in [6.07, 6.45) is 3.75. The van der Waals surface area contributed by atoms with Crippen LogP contribution in [0.4, 0.5) is 9.39 Å². The molecule has 0 radical (unpaired) electrons. The van der Waals surface area contributed by atoms with Gasteiger partial charge < -0.3 is 10.0 Å². The zero-order valence-corrected chi connectivity index (χ0v) is 17.3. The molecule has 1 fully saturated rings. The fourth-order valence-electron chi connectivity index (χ4n) is 3.76. The van der Waals surface area contributed by atoms with Crippen molar-refractivity contribution in [1.29, 1.82) is 0 Å². The first kappa shape index (κ1) is 20.5. The van der Waals surface area contributed by atoms with Crippen molar-refractivity contribution in [3.05, 3.63) is 41.7 Å². The molecule has 0 unspecified atom stereocenters. The van der Waals surface area contributed by atoms with Crippen LogP contribution < -0.4 is 4.90 Å². The van der Waals surface area contributed by atoms with Gasteiger partial charge in [-0.05, 0) is 69.2 Å². The van der Waals surface area contributed by atoms with Gasteiger partial charge in [-0.25, -0.2) is 9.18 Å². The van der Waals surface area contributed by atoms with E-state index in [1.807, 2.05) is 13.8 Å². The summed E-state index contributed by atoms with van der Waals surface area (Å²) >= 11 is 1.28. The molecule has 0 spiro atoms. The molecule has 1 heterocycles. The van der Waals surface area contributed by atoms with Crippen molar-refractivity contribution in [2.75, 3.05) is 4.90 Å². The molecular weight excluding hydrogens is 377 g/mol. The minimum atomic E-state index is -1.06. The van der Waals surface area contributed by atoms with E-state index in [2.05, 4.69) is 6.92 Å². The van der Waals surface area contributed by atoms with Crippen LogP contribution in [-0.2, 0) is 4.79 Å². The predicted molar refractivity (Wildman–Crippen MR) is 110 cm³/mol. The summed E-state index contributed by atoms with van der Waals surface area (Å²) in [5, 5.41) is 10.2. The Morgan fingerprint density at radius 2 is 1.75 bits per heavy atom. The molecule has 2 aromatic rings. The molecular formula is C22H26FNO3S. The molecule has 1 amide bonds. The number of carboxylic acid groups (broad SMARTS) is 1. The Bertz CT molecular complexity index is 851. The van der Waals surface area contributed by atoms with Crippen LogP contribution >= 0.6 is 11.3 Å². The maximum absolute atomic E-state index is 13.3. The van der Waals surface area contributed by atoms with Gasteiger partial charge in [-0.2, -0.15) is 0 Å². The van der Waals surface area contributed by atoms with Crippen LogP contribution in [0.5, 0.6) is 0 Å². The third-order valence-electron chi connectivity index (χ3n) is 5.41. The molecule has 1 aromatic heterocycles. The number of benzene rings is 1. The van der Waals surface area contributed by atoms with Crippen molar-refractivity contribution < 1.29 is 19.1 Å². The van der Waals surface area contributed by atoms with E-state index in [0.717, 1.165) is 31.2 Å². The molecule has 28 heavy (non-hydrogen) atoms. The van der Waals surface area contributed by atoms with Crippen molar-refractivity contribution in [2.45, 2.75) is 52.5 Å².